The molecule has 0 radical (unpaired) electrons. The van der Waals surface area contributed by atoms with E-state index in [4.69, 9.17) is 5.73 Å². The summed E-state index contributed by atoms with van der Waals surface area (Å²) in [7, 11) is 0. The molecule has 152 valence electrons. The molecule has 5 N–H and O–H groups in total. The Labute approximate surface area is 168 Å². The van der Waals surface area contributed by atoms with Crippen molar-refractivity contribution in [3.63, 3.8) is 0 Å². The van der Waals surface area contributed by atoms with Gasteiger partial charge in [-0.2, -0.15) is 25.3 Å². The minimum atomic E-state index is -0.924. The summed E-state index contributed by atoms with van der Waals surface area (Å²) in [5.74, 6) is -2.45. The highest BCUT2D eigenvalue weighted by Crippen LogP contribution is 2.17. The number of hydrogen-bond acceptors (Lipinski definition) is 7. The maximum Gasteiger partial charge on any atom is 0.243 e. The summed E-state index contributed by atoms with van der Waals surface area (Å²) >= 11 is 7.96. The van der Waals surface area contributed by atoms with Crippen molar-refractivity contribution in [2.75, 3.05) is 24.6 Å². The molecular formula is C15H25N5O5S2. The summed E-state index contributed by atoms with van der Waals surface area (Å²) in [6.45, 7) is 1.31. The van der Waals surface area contributed by atoms with Gasteiger partial charge in [0.2, 0.25) is 29.5 Å². The number of rotatable bonds is 9. The average molecular weight is 420 g/mol. The largest absolute Gasteiger partial charge is 0.368 e. The first kappa shape index (κ1) is 23.1. The smallest absolute Gasteiger partial charge is 0.243 e. The quantitative estimate of drug-likeness (QED) is 0.227. The Morgan fingerprint density at radius 3 is 2.26 bits per heavy atom. The fourth-order valence-corrected chi connectivity index (χ4v) is 3.17. The summed E-state index contributed by atoms with van der Waals surface area (Å²) in [5, 5.41) is 7.33. The molecule has 0 saturated carbocycles. The van der Waals surface area contributed by atoms with Crippen LogP contribution in [0.5, 0.6) is 0 Å². The molecule has 3 atom stereocenters. The van der Waals surface area contributed by atoms with Crippen LogP contribution in [0.4, 0.5) is 0 Å². The van der Waals surface area contributed by atoms with E-state index in [0.717, 1.165) is 0 Å². The molecule has 27 heavy (non-hydrogen) atoms. The summed E-state index contributed by atoms with van der Waals surface area (Å²) < 4.78 is 0. The van der Waals surface area contributed by atoms with Gasteiger partial charge in [-0.05, 0) is 12.8 Å². The molecule has 5 amide bonds. The number of nitrogens with zero attached hydrogens (tertiary/aromatic N) is 1. The van der Waals surface area contributed by atoms with E-state index in [0.29, 0.717) is 19.4 Å². The molecule has 0 aromatic rings. The van der Waals surface area contributed by atoms with Gasteiger partial charge < -0.3 is 26.6 Å². The van der Waals surface area contributed by atoms with Gasteiger partial charge in [0.25, 0.3) is 0 Å². The van der Waals surface area contributed by atoms with E-state index < -0.39 is 41.8 Å². The molecular weight excluding hydrogens is 394 g/mol. The fraction of sp³-hybridized carbons (Fsp3) is 0.667. The van der Waals surface area contributed by atoms with Gasteiger partial charge in [0.05, 0.1) is 6.54 Å². The van der Waals surface area contributed by atoms with Crippen molar-refractivity contribution in [2.45, 2.75) is 37.9 Å². The number of primary amides is 1. The van der Waals surface area contributed by atoms with Crippen LogP contribution < -0.4 is 21.7 Å². The Morgan fingerprint density at radius 2 is 1.74 bits per heavy atom. The molecule has 1 aliphatic heterocycles. The topological polar surface area (TPSA) is 151 Å². The van der Waals surface area contributed by atoms with E-state index in [-0.39, 0.29) is 24.0 Å². The number of hydrogen-bond donors (Lipinski definition) is 6. The molecule has 10 nitrogen and oxygen atoms in total. The predicted octanol–water partition coefficient (Wildman–Crippen LogP) is -2.57. The van der Waals surface area contributed by atoms with Gasteiger partial charge in [-0.15, -0.1) is 0 Å². The van der Waals surface area contributed by atoms with Crippen molar-refractivity contribution < 1.29 is 24.0 Å². The van der Waals surface area contributed by atoms with E-state index in [1.54, 1.807) is 0 Å². The monoisotopic (exact) mass is 419 g/mol. The Morgan fingerprint density at radius 1 is 1.11 bits per heavy atom. The minimum absolute atomic E-state index is 0.0477. The number of thiol groups is 2. The lowest BCUT2D eigenvalue weighted by Gasteiger charge is -2.26. The number of carbonyl (C=O) groups excluding carboxylic acids is 5. The summed E-state index contributed by atoms with van der Waals surface area (Å²) in [6, 6.07) is -2.53. The highest BCUT2D eigenvalue weighted by molar-refractivity contribution is 7.80. The highest BCUT2D eigenvalue weighted by atomic mass is 32.1. The number of nitrogens with one attached hydrogen (secondary N) is 3. The van der Waals surface area contributed by atoms with Crippen LogP contribution in [-0.4, -0.2) is 77.2 Å². The molecule has 0 aromatic carbocycles. The lowest BCUT2D eigenvalue weighted by molar-refractivity contribution is -0.139. The standard InChI is InChI=1S/C15H25N5O5S2/c1-8(21)18-10(7-27)14(24)17-5-12(22)20-4-2-3-11(20)15(25)19-9(6-26)13(16)23/h9-11,26-27H,2-7H2,1H3,(H2,16,23)(H,17,24)(H,18,21)(H,19,25)/t9-,10-,11-/m0/s1. The molecule has 12 heteroatoms. The molecule has 0 bridgehead atoms. The predicted molar refractivity (Wildman–Crippen MR) is 104 cm³/mol. The maximum absolute atomic E-state index is 12.4. The van der Waals surface area contributed by atoms with Crippen molar-refractivity contribution >= 4 is 54.8 Å². The third kappa shape index (κ3) is 6.94. The summed E-state index contributed by atoms with van der Waals surface area (Å²) in [6.07, 6.45) is 1.06. The number of likely N-dealkylation sites (tertiary alicyclic amines) is 1. The van der Waals surface area contributed by atoms with E-state index in [2.05, 4.69) is 41.2 Å². The number of carbonyl (C=O) groups is 5. The SMILES string of the molecule is CC(=O)N[C@@H](CS)C(=O)NCC(=O)N1CCC[C@H]1C(=O)N[C@@H](CS)C(N)=O. The molecule has 0 aliphatic carbocycles. The third-order valence-electron chi connectivity index (χ3n) is 4.01. The zero-order valence-corrected chi connectivity index (χ0v) is 16.7. The van der Waals surface area contributed by atoms with Gasteiger partial charge >= 0.3 is 0 Å². The molecule has 1 rings (SSSR count). The van der Waals surface area contributed by atoms with Crippen LogP contribution in [0.1, 0.15) is 19.8 Å². The van der Waals surface area contributed by atoms with Crippen molar-refractivity contribution in [1.82, 2.24) is 20.9 Å². The van der Waals surface area contributed by atoms with Gasteiger partial charge in [-0.3, -0.25) is 24.0 Å². The summed E-state index contributed by atoms with van der Waals surface area (Å²) in [5.41, 5.74) is 5.18. The summed E-state index contributed by atoms with van der Waals surface area (Å²) in [4.78, 5) is 60.4. The molecule has 1 fully saturated rings. The van der Waals surface area contributed by atoms with Crippen molar-refractivity contribution in [2.24, 2.45) is 5.73 Å². The van der Waals surface area contributed by atoms with Gasteiger partial charge in [0.1, 0.15) is 18.1 Å². The zero-order valence-electron chi connectivity index (χ0n) is 14.9. The minimum Gasteiger partial charge on any atom is -0.368 e. The zero-order chi connectivity index (χ0) is 20.6. The van der Waals surface area contributed by atoms with E-state index in [1.807, 2.05) is 0 Å². The fourth-order valence-electron chi connectivity index (χ4n) is 2.64. The molecule has 1 saturated heterocycles. The van der Waals surface area contributed by atoms with E-state index >= 15 is 0 Å². The van der Waals surface area contributed by atoms with Crippen molar-refractivity contribution in [1.29, 1.82) is 0 Å². The highest BCUT2D eigenvalue weighted by Gasteiger charge is 2.35. The van der Waals surface area contributed by atoms with Crippen LogP contribution in [0, 0.1) is 0 Å². The Kier molecular flexibility index (Phi) is 9.43. The van der Waals surface area contributed by atoms with Crippen LogP contribution in [-0.2, 0) is 24.0 Å². The first-order valence-electron chi connectivity index (χ1n) is 8.37. The lowest BCUT2D eigenvalue weighted by atomic mass is 10.2. The van der Waals surface area contributed by atoms with E-state index in [9.17, 15) is 24.0 Å². The van der Waals surface area contributed by atoms with Gasteiger partial charge in [-0.25, -0.2) is 0 Å². The lowest BCUT2D eigenvalue weighted by Crippen LogP contribution is -2.55. The second-order valence-corrected chi connectivity index (χ2v) is 6.78. The van der Waals surface area contributed by atoms with Crippen LogP contribution in [0.25, 0.3) is 0 Å². The van der Waals surface area contributed by atoms with Crippen LogP contribution in [0.15, 0.2) is 0 Å². The molecule has 1 aliphatic rings. The average Bonchev–Trinajstić information content (AvgIpc) is 3.11. The van der Waals surface area contributed by atoms with Crippen LogP contribution >= 0.6 is 25.3 Å². The van der Waals surface area contributed by atoms with Gasteiger partial charge in [0, 0.05) is 25.0 Å². The second-order valence-electron chi connectivity index (χ2n) is 6.04. The Bertz CT molecular complexity index is 603. The van der Waals surface area contributed by atoms with Crippen molar-refractivity contribution in [3.8, 4) is 0 Å². The molecule has 1 heterocycles. The number of amides is 5. The van der Waals surface area contributed by atoms with E-state index in [1.165, 1.54) is 11.8 Å². The van der Waals surface area contributed by atoms with Crippen LogP contribution in [0.2, 0.25) is 0 Å². The normalized spacial score (nSPS) is 18.3. The molecule has 0 spiro atoms. The number of nitrogens with two attached hydrogens (primary N) is 1. The van der Waals surface area contributed by atoms with Crippen molar-refractivity contribution in [3.05, 3.63) is 0 Å². The van der Waals surface area contributed by atoms with Crippen LogP contribution in [0.3, 0.4) is 0 Å². The Balaban J connectivity index is 2.62. The molecule has 0 unspecified atom stereocenters. The first-order valence-corrected chi connectivity index (χ1v) is 9.63. The second kappa shape index (κ2) is 11.0. The maximum atomic E-state index is 12.4. The third-order valence-corrected chi connectivity index (χ3v) is 4.74. The first-order chi connectivity index (χ1) is 12.7. The molecule has 0 aromatic heterocycles. The van der Waals surface area contributed by atoms with Gasteiger partial charge in [-0.1, -0.05) is 0 Å². The van der Waals surface area contributed by atoms with Gasteiger partial charge in [0.15, 0.2) is 0 Å². The Hall–Kier alpha value is -1.95.